The van der Waals surface area contributed by atoms with Crippen LogP contribution in [-0.2, 0) is 11.2 Å². The molecule has 0 fully saturated rings. The second-order valence-corrected chi connectivity index (χ2v) is 5.37. The average Bonchev–Trinajstić information content (AvgIpc) is 2.96. The van der Waals surface area contributed by atoms with Crippen LogP contribution in [0.2, 0.25) is 0 Å². The number of halogens is 2. The lowest BCUT2D eigenvalue weighted by Crippen LogP contribution is -2.26. The van der Waals surface area contributed by atoms with Crippen molar-refractivity contribution in [1.82, 2.24) is 20.5 Å². The van der Waals surface area contributed by atoms with Crippen LogP contribution in [0.25, 0.3) is 0 Å². The lowest BCUT2D eigenvalue weighted by atomic mass is 10.3. The van der Waals surface area contributed by atoms with Gasteiger partial charge in [-0.3, -0.25) is 9.89 Å². The number of hydrogen-bond acceptors (Lipinski definition) is 4. The van der Waals surface area contributed by atoms with Crippen LogP contribution in [0.1, 0.15) is 12.2 Å². The molecule has 0 aliphatic rings. The Morgan fingerprint density at radius 1 is 1.33 bits per heavy atom. The number of aromatic nitrogens is 3. The topological polar surface area (TPSA) is 70.7 Å². The van der Waals surface area contributed by atoms with Crippen molar-refractivity contribution in [1.29, 1.82) is 0 Å². The molecule has 0 radical (unpaired) electrons. The first-order chi connectivity index (χ1) is 10.1. The fraction of sp³-hybridized carbons (Fsp3) is 0.308. The highest BCUT2D eigenvalue weighted by Crippen LogP contribution is 2.20. The lowest BCUT2D eigenvalue weighted by molar-refractivity contribution is -0.120. The lowest BCUT2D eigenvalue weighted by Gasteiger charge is -2.04. The summed E-state index contributed by atoms with van der Waals surface area (Å²) in [7, 11) is 0. The maximum absolute atomic E-state index is 13.0. The third-order valence-corrected chi connectivity index (χ3v) is 3.63. The molecular formula is C13H14F2N4OS. The molecule has 0 saturated carbocycles. The predicted molar refractivity (Wildman–Crippen MR) is 74.8 cm³/mol. The van der Waals surface area contributed by atoms with Crippen molar-refractivity contribution < 1.29 is 13.6 Å². The summed E-state index contributed by atoms with van der Waals surface area (Å²) in [4.78, 5) is 16.1. The first-order valence-corrected chi connectivity index (χ1v) is 7.32. The number of thioether (sulfide) groups is 1. The number of nitrogens with one attached hydrogen (secondary N) is 2. The summed E-state index contributed by atoms with van der Waals surface area (Å²) in [6.45, 7) is 0.476. The van der Waals surface area contributed by atoms with E-state index in [1.807, 2.05) is 0 Å². The molecule has 2 rings (SSSR count). The van der Waals surface area contributed by atoms with Crippen LogP contribution in [0.3, 0.4) is 0 Å². The molecule has 112 valence electrons. The summed E-state index contributed by atoms with van der Waals surface area (Å²) in [5, 5.41) is 9.16. The van der Waals surface area contributed by atoms with Gasteiger partial charge in [-0.1, -0.05) is 0 Å². The average molecular weight is 312 g/mol. The third-order valence-electron chi connectivity index (χ3n) is 2.64. The monoisotopic (exact) mass is 312 g/mol. The Bertz CT molecular complexity index is 592. The number of rotatable bonds is 7. The smallest absolute Gasteiger partial charge is 0.220 e. The van der Waals surface area contributed by atoms with Crippen LogP contribution in [0, 0.1) is 11.6 Å². The Morgan fingerprint density at radius 2 is 2.19 bits per heavy atom. The standard InChI is InChI=1S/C13H14F2N4OS/c14-10-2-1-9(7-11(10)15)21-6-4-13(20)16-5-3-12-17-8-18-19-12/h1-2,7-8H,3-6H2,(H,16,20)(H,17,18,19). The van der Waals surface area contributed by atoms with Crippen molar-refractivity contribution in [3.8, 4) is 0 Å². The van der Waals surface area contributed by atoms with E-state index in [-0.39, 0.29) is 5.91 Å². The number of hydrogen-bond donors (Lipinski definition) is 2. The molecule has 0 atom stereocenters. The highest BCUT2D eigenvalue weighted by atomic mass is 32.2. The van der Waals surface area contributed by atoms with Gasteiger partial charge in [0.1, 0.15) is 12.2 Å². The summed E-state index contributed by atoms with van der Waals surface area (Å²) in [5.41, 5.74) is 0. The summed E-state index contributed by atoms with van der Waals surface area (Å²) in [6.07, 6.45) is 2.30. The minimum Gasteiger partial charge on any atom is -0.356 e. The van der Waals surface area contributed by atoms with E-state index in [1.165, 1.54) is 24.2 Å². The van der Waals surface area contributed by atoms with Crippen LogP contribution in [0.5, 0.6) is 0 Å². The minimum absolute atomic E-state index is 0.0930. The van der Waals surface area contributed by atoms with E-state index in [1.54, 1.807) is 0 Å². The van der Waals surface area contributed by atoms with Crippen molar-refractivity contribution in [2.75, 3.05) is 12.3 Å². The molecule has 0 saturated heterocycles. The molecule has 8 heteroatoms. The van der Waals surface area contributed by atoms with E-state index in [4.69, 9.17) is 0 Å². The molecule has 0 aliphatic carbocycles. The summed E-state index contributed by atoms with van der Waals surface area (Å²) >= 11 is 1.31. The van der Waals surface area contributed by atoms with E-state index >= 15 is 0 Å². The summed E-state index contributed by atoms with van der Waals surface area (Å²) in [6, 6.07) is 3.70. The zero-order chi connectivity index (χ0) is 15.1. The SMILES string of the molecule is O=C(CCSc1ccc(F)c(F)c1)NCCc1ncn[nH]1. The molecule has 1 aromatic heterocycles. The molecule has 1 aromatic carbocycles. The van der Waals surface area contributed by atoms with Gasteiger partial charge >= 0.3 is 0 Å². The van der Waals surface area contributed by atoms with Gasteiger partial charge in [-0.15, -0.1) is 11.8 Å². The Labute approximate surface area is 124 Å². The number of carbonyl (C=O) groups is 1. The number of benzene rings is 1. The fourth-order valence-corrected chi connectivity index (χ4v) is 2.46. The molecule has 5 nitrogen and oxygen atoms in total. The van der Waals surface area contributed by atoms with E-state index in [2.05, 4.69) is 20.5 Å². The van der Waals surface area contributed by atoms with Gasteiger partial charge in [0.05, 0.1) is 0 Å². The molecule has 21 heavy (non-hydrogen) atoms. The number of amides is 1. The van der Waals surface area contributed by atoms with Gasteiger partial charge in [-0.25, -0.2) is 13.8 Å². The highest BCUT2D eigenvalue weighted by Gasteiger charge is 2.05. The largest absolute Gasteiger partial charge is 0.356 e. The molecular weight excluding hydrogens is 298 g/mol. The Hall–Kier alpha value is -1.96. The molecule has 1 heterocycles. The first kappa shape index (κ1) is 15.4. The molecule has 0 unspecified atom stereocenters. The van der Waals surface area contributed by atoms with E-state index < -0.39 is 11.6 Å². The van der Waals surface area contributed by atoms with Crippen LogP contribution in [0.15, 0.2) is 29.4 Å². The third kappa shape index (κ3) is 5.14. The predicted octanol–water partition coefficient (Wildman–Crippen LogP) is 1.92. The van der Waals surface area contributed by atoms with Crippen LogP contribution in [0.4, 0.5) is 8.78 Å². The van der Waals surface area contributed by atoms with Crippen molar-refractivity contribution in [3.05, 3.63) is 42.0 Å². The Balaban J connectivity index is 1.63. The van der Waals surface area contributed by atoms with Gasteiger partial charge in [0, 0.05) is 30.0 Å². The first-order valence-electron chi connectivity index (χ1n) is 6.34. The quantitative estimate of drug-likeness (QED) is 0.766. The van der Waals surface area contributed by atoms with E-state index in [9.17, 15) is 13.6 Å². The van der Waals surface area contributed by atoms with Gasteiger partial charge in [0.15, 0.2) is 11.6 Å². The Kier molecular flexibility index (Phi) is 5.68. The summed E-state index contributed by atoms with van der Waals surface area (Å²) < 4.78 is 25.7. The molecule has 2 N–H and O–H groups in total. The summed E-state index contributed by atoms with van der Waals surface area (Å²) in [5.74, 6) is -0.628. The number of aromatic amines is 1. The van der Waals surface area contributed by atoms with Crippen LogP contribution >= 0.6 is 11.8 Å². The van der Waals surface area contributed by atoms with Crippen molar-refractivity contribution in [3.63, 3.8) is 0 Å². The normalized spacial score (nSPS) is 10.6. The zero-order valence-electron chi connectivity index (χ0n) is 11.1. The van der Waals surface area contributed by atoms with Crippen LogP contribution < -0.4 is 5.32 Å². The van der Waals surface area contributed by atoms with Gasteiger partial charge in [-0.2, -0.15) is 5.10 Å². The zero-order valence-corrected chi connectivity index (χ0v) is 11.9. The minimum atomic E-state index is -0.878. The molecule has 0 bridgehead atoms. The Morgan fingerprint density at radius 3 is 2.90 bits per heavy atom. The van der Waals surface area contributed by atoms with E-state index in [0.717, 1.165) is 12.1 Å². The van der Waals surface area contributed by atoms with Gasteiger partial charge in [-0.05, 0) is 18.2 Å². The number of nitrogens with zero attached hydrogens (tertiary/aromatic N) is 2. The molecule has 0 aliphatic heterocycles. The van der Waals surface area contributed by atoms with Gasteiger partial charge < -0.3 is 5.32 Å². The molecule has 2 aromatic rings. The van der Waals surface area contributed by atoms with Crippen molar-refractivity contribution >= 4 is 17.7 Å². The van der Waals surface area contributed by atoms with E-state index in [0.29, 0.717) is 35.9 Å². The van der Waals surface area contributed by atoms with Crippen molar-refractivity contribution in [2.45, 2.75) is 17.7 Å². The second-order valence-electron chi connectivity index (χ2n) is 4.21. The number of H-pyrrole nitrogens is 1. The van der Waals surface area contributed by atoms with Gasteiger partial charge in [0.25, 0.3) is 0 Å². The second kappa shape index (κ2) is 7.72. The highest BCUT2D eigenvalue weighted by molar-refractivity contribution is 7.99. The number of carbonyl (C=O) groups excluding carboxylic acids is 1. The molecule has 0 spiro atoms. The van der Waals surface area contributed by atoms with Gasteiger partial charge in [0.2, 0.25) is 5.91 Å². The van der Waals surface area contributed by atoms with Crippen LogP contribution in [-0.4, -0.2) is 33.4 Å². The fourth-order valence-electron chi connectivity index (χ4n) is 1.59. The maximum Gasteiger partial charge on any atom is 0.220 e. The maximum atomic E-state index is 13.0. The molecule has 1 amide bonds. The van der Waals surface area contributed by atoms with Crippen molar-refractivity contribution in [2.24, 2.45) is 0 Å².